The molecule has 0 aliphatic heterocycles. The van der Waals surface area contributed by atoms with Crippen molar-refractivity contribution >= 4 is 28.5 Å². The number of amides is 1. The van der Waals surface area contributed by atoms with E-state index in [1.165, 1.54) is 0 Å². The van der Waals surface area contributed by atoms with Crippen LogP contribution in [0.4, 0.5) is 0 Å². The van der Waals surface area contributed by atoms with Crippen molar-refractivity contribution in [3.05, 3.63) is 59.4 Å². The molecule has 0 atom stereocenters. The molecule has 25 heavy (non-hydrogen) atoms. The minimum atomic E-state index is 0.0650. The van der Waals surface area contributed by atoms with E-state index >= 15 is 0 Å². The number of H-pyrrole nitrogens is 1. The number of para-hydroxylation sites is 2. The van der Waals surface area contributed by atoms with E-state index in [2.05, 4.69) is 9.97 Å². The van der Waals surface area contributed by atoms with Crippen molar-refractivity contribution in [2.75, 3.05) is 20.2 Å². The number of aromatic nitrogens is 2. The van der Waals surface area contributed by atoms with E-state index in [1.54, 1.807) is 24.1 Å². The smallest absolute Gasteiger partial charge is 0.222 e. The number of ether oxygens (including phenoxy) is 1. The van der Waals surface area contributed by atoms with Gasteiger partial charge >= 0.3 is 0 Å². The quantitative estimate of drug-likeness (QED) is 0.701. The molecule has 0 bridgehead atoms. The standard InChI is InChI=1S/C19H20ClN3O2/c1-23(11-12-25-15-6-4-5-14(20)13-15)19(24)10-9-18-21-16-7-2-3-8-17(16)22-18/h2-8,13H,9-12H2,1H3,(H,21,22). The SMILES string of the molecule is CN(CCOc1cccc(Cl)c1)C(=O)CCc1nc2ccccc2[nH]1. The Morgan fingerprint density at radius 1 is 1.24 bits per heavy atom. The number of rotatable bonds is 7. The molecular weight excluding hydrogens is 338 g/mol. The molecular formula is C19H20ClN3O2. The molecule has 3 aromatic rings. The fraction of sp³-hybridized carbons (Fsp3) is 0.263. The molecule has 1 N–H and O–H groups in total. The Hall–Kier alpha value is -2.53. The van der Waals surface area contributed by atoms with Gasteiger partial charge < -0.3 is 14.6 Å². The summed E-state index contributed by atoms with van der Waals surface area (Å²) in [5.41, 5.74) is 1.92. The van der Waals surface area contributed by atoms with Crippen molar-refractivity contribution in [1.82, 2.24) is 14.9 Å². The third-order valence-electron chi connectivity index (χ3n) is 3.93. The van der Waals surface area contributed by atoms with Gasteiger partial charge in [-0.05, 0) is 30.3 Å². The highest BCUT2D eigenvalue weighted by molar-refractivity contribution is 6.30. The first kappa shape index (κ1) is 17.3. The number of aromatic amines is 1. The Morgan fingerprint density at radius 2 is 2.08 bits per heavy atom. The van der Waals surface area contributed by atoms with Crippen molar-refractivity contribution in [2.24, 2.45) is 0 Å². The third kappa shape index (κ3) is 4.73. The number of likely N-dealkylation sites (N-methyl/N-ethyl adjacent to an activating group) is 1. The zero-order chi connectivity index (χ0) is 17.6. The van der Waals surface area contributed by atoms with Crippen LogP contribution in [0.2, 0.25) is 5.02 Å². The van der Waals surface area contributed by atoms with E-state index in [9.17, 15) is 4.79 Å². The second-order valence-corrected chi connectivity index (χ2v) is 6.26. The van der Waals surface area contributed by atoms with Crippen LogP contribution in [0.1, 0.15) is 12.2 Å². The lowest BCUT2D eigenvalue weighted by atomic mass is 10.2. The predicted octanol–water partition coefficient (Wildman–Crippen LogP) is 3.69. The maximum atomic E-state index is 12.2. The number of imidazole rings is 1. The molecule has 1 amide bonds. The normalized spacial score (nSPS) is 10.8. The topological polar surface area (TPSA) is 58.2 Å². The van der Waals surface area contributed by atoms with Gasteiger partial charge in [-0.1, -0.05) is 29.8 Å². The molecule has 130 valence electrons. The molecule has 0 saturated heterocycles. The van der Waals surface area contributed by atoms with Crippen molar-refractivity contribution in [3.63, 3.8) is 0 Å². The van der Waals surface area contributed by atoms with Crippen LogP contribution in [-0.2, 0) is 11.2 Å². The van der Waals surface area contributed by atoms with Gasteiger partial charge in [0.1, 0.15) is 18.2 Å². The molecule has 0 spiro atoms. The summed E-state index contributed by atoms with van der Waals surface area (Å²) in [6.45, 7) is 0.943. The molecule has 0 aliphatic carbocycles. The molecule has 0 aliphatic rings. The molecule has 2 aromatic carbocycles. The zero-order valence-electron chi connectivity index (χ0n) is 14.0. The Labute approximate surface area is 151 Å². The third-order valence-corrected chi connectivity index (χ3v) is 4.17. The molecule has 1 aromatic heterocycles. The fourth-order valence-corrected chi connectivity index (χ4v) is 2.70. The van der Waals surface area contributed by atoms with Crippen molar-refractivity contribution in [1.29, 1.82) is 0 Å². The maximum Gasteiger partial charge on any atom is 0.222 e. The second kappa shape index (κ2) is 8.03. The molecule has 3 rings (SSSR count). The summed E-state index contributed by atoms with van der Waals surface area (Å²) in [6, 6.07) is 15.1. The lowest BCUT2D eigenvalue weighted by molar-refractivity contribution is -0.130. The maximum absolute atomic E-state index is 12.2. The van der Waals surface area contributed by atoms with Gasteiger partial charge in [0, 0.05) is 24.9 Å². The molecule has 6 heteroatoms. The van der Waals surface area contributed by atoms with Gasteiger partial charge in [0.2, 0.25) is 5.91 Å². The summed E-state index contributed by atoms with van der Waals surface area (Å²) in [4.78, 5) is 21.6. The molecule has 0 saturated carbocycles. The van der Waals surface area contributed by atoms with Crippen molar-refractivity contribution in [3.8, 4) is 5.75 Å². The largest absolute Gasteiger partial charge is 0.492 e. The van der Waals surface area contributed by atoms with E-state index in [0.717, 1.165) is 16.9 Å². The Morgan fingerprint density at radius 3 is 2.88 bits per heavy atom. The number of nitrogens with zero attached hydrogens (tertiary/aromatic N) is 2. The number of hydrogen-bond acceptors (Lipinski definition) is 3. The summed E-state index contributed by atoms with van der Waals surface area (Å²) in [5, 5.41) is 0.632. The lowest BCUT2D eigenvalue weighted by Crippen LogP contribution is -2.31. The summed E-state index contributed by atoms with van der Waals surface area (Å²) in [6.07, 6.45) is 1.00. The van der Waals surface area contributed by atoms with Gasteiger partial charge in [-0.25, -0.2) is 4.98 Å². The summed E-state index contributed by atoms with van der Waals surface area (Å²) in [7, 11) is 1.78. The summed E-state index contributed by atoms with van der Waals surface area (Å²) >= 11 is 5.91. The van der Waals surface area contributed by atoms with Crippen LogP contribution in [0.3, 0.4) is 0 Å². The van der Waals surface area contributed by atoms with Crippen molar-refractivity contribution in [2.45, 2.75) is 12.8 Å². The minimum Gasteiger partial charge on any atom is -0.492 e. The van der Waals surface area contributed by atoms with Gasteiger partial charge in [0.05, 0.1) is 17.6 Å². The highest BCUT2D eigenvalue weighted by Gasteiger charge is 2.11. The van der Waals surface area contributed by atoms with Gasteiger partial charge in [-0.3, -0.25) is 4.79 Å². The molecule has 0 radical (unpaired) electrons. The number of aryl methyl sites for hydroxylation is 1. The molecule has 0 fully saturated rings. The number of hydrogen-bond donors (Lipinski definition) is 1. The van der Waals surface area contributed by atoms with Gasteiger partial charge in [0.15, 0.2) is 0 Å². The first-order chi connectivity index (χ1) is 12.1. The minimum absolute atomic E-state index is 0.0650. The number of benzene rings is 2. The molecule has 1 heterocycles. The first-order valence-corrected chi connectivity index (χ1v) is 8.55. The van der Waals surface area contributed by atoms with E-state index < -0.39 is 0 Å². The number of carbonyl (C=O) groups is 1. The Kier molecular flexibility index (Phi) is 5.56. The highest BCUT2D eigenvalue weighted by Crippen LogP contribution is 2.17. The summed E-state index contributed by atoms with van der Waals surface area (Å²) < 4.78 is 5.61. The fourth-order valence-electron chi connectivity index (χ4n) is 2.52. The lowest BCUT2D eigenvalue weighted by Gasteiger charge is -2.17. The van der Waals surface area contributed by atoms with Crippen LogP contribution in [0, 0.1) is 0 Å². The first-order valence-electron chi connectivity index (χ1n) is 8.18. The average molecular weight is 358 g/mol. The summed E-state index contributed by atoms with van der Waals surface area (Å²) in [5.74, 6) is 1.60. The van der Waals surface area contributed by atoms with Crippen molar-refractivity contribution < 1.29 is 9.53 Å². The van der Waals surface area contributed by atoms with Crippen LogP contribution >= 0.6 is 11.6 Å². The van der Waals surface area contributed by atoms with Crippen LogP contribution in [0.5, 0.6) is 5.75 Å². The van der Waals surface area contributed by atoms with E-state index in [1.807, 2.05) is 36.4 Å². The number of halogens is 1. The van der Waals surface area contributed by atoms with Crippen LogP contribution in [-0.4, -0.2) is 41.0 Å². The van der Waals surface area contributed by atoms with Gasteiger partial charge in [0.25, 0.3) is 0 Å². The van der Waals surface area contributed by atoms with Crippen LogP contribution in [0.25, 0.3) is 11.0 Å². The van der Waals surface area contributed by atoms with Crippen LogP contribution in [0.15, 0.2) is 48.5 Å². The monoisotopic (exact) mass is 357 g/mol. The van der Waals surface area contributed by atoms with E-state index in [0.29, 0.717) is 36.8 Å². The van der Waals surface area contributed by atoms with E-state index in [-0.39, 0.29) is 5.91 Å². The second-order valence-electron chi connectivity index (χ2n) is 5.82. The van der Waals surface area contributed by atoms with Gasteiger partial charge in [-0.15, -0.1) is 0 Å². The molecule has 5 nitrogen and oxygen atoms in total. The number of fused-ring (bicyclic) bond motifs is 1. The number of nitrogens with one attached hydrogen (secondary N) is 1. The Bertz CT molecular complexity index is 830. The average Bonchev–Trinajstić information content (AvgIpc) is 3.02. The molecule has 0 unspecified atom stereocenters. The zero-order valence-corrected chi connectivity index (χ0v) is 14.8. The highest BCUT2D eigenvalue weighted by atomic mass is 35.5. The predicted molar refractivity (Wildman–Crippen MR) is 99.0 cm³/mol. The van der Waals surface area contributed by atoms with E-state index in [4.69, 9.17) is 16.3 Å². The van der Waals surface area contributed by atoms with Gasteiger partial charge in [-0.2, -0.15) is 0 Å². The van der Waals surface area contributed by atoms with Crippen LogP contribution < -0.4 is 4.74 Å². The number of carbonyl (C=O) groups excluding carboxylic acids is 1. The Balaban J connectivity index is 1.44.